The molecule has 5 nitrogen and oxygen atoms in total. The van der Waals surface area contributed by atoms with Crippen LogP contribution in [-0.2, 0) is 14.8 Å². The van der Waals surface area contributed by atoms with E-state index in [0.717, 1.165) is 36.9 Å². The molecule has 0 unspecified atom stereocenters. The van der Waals surface area contributed by atoms with Crippen molar-refractivity contribution < 1.29 is 13.2 Å². The first-order valence-corrected chi connectivity index (χ1v) is 10.0. The molecule has 1 saturated heterocycles. The van der Waals surface area contributed by atoms with Crippen molar-refractivity contribution >= 4 is 21.6 Å². The Hall–Kier alpha value is -1.66. The van der Waals surface area contributed by atoms with Crippen molar-refractivity contribution in [1.29, 1.82) is 0 Å². The number of hydrogen-bond acceptors (Lipinski definition) is 3. The standard InChI is InChI=1S/C18H24N2O3S/c1-14-12-16(9-10-17(14)20-11-5-8-18(20)21)24(22,23)19-13-15-6-3-2-4-7-15/h6,9-10,12,19H,2-5,7-8,11,13H2,1H3. The Morgan fingerprint density at radius 1 is 1.17 bits per heavy atom. The van der Waals surface area contributed by atoms with E-state index in [1.165, 1.54) is 12.0 Å². The van der Waals surface area contributed by atoms with Crippen molar-refractivity contribution in [2.24, 2.45) is 0 Å². The third kappa shape index (κ3) is 3.70. The first-order chi connectivity index (χ1) is 11.5. The Balaban J connectivity index is 1.74. The van der Waals surface area contributed by atoms with Crippen LogP contribution in [0.3, 0.4) is 0 Å². The number of sulfonamides is 1. The average Bonchev–Trinajstić information content (AvgIpc) is 3.00. The zero-order valence-corrected chi connectivity index (χ0v) is 14.9. The lowest BCUT2D eigenvalue weighted by Gasteiger charge is -2.19. The van der Waals surface area contributed by atoms with Gasteiger partial charge in [-0.15, -0.1) is 0 Å². The molecule has 0 atom stereocenters. The Kier molecular flexibility index (Phi) is 5.06. The molecule has 0 aromatic heterocycles. The molecule has 0 bridgehead atoms. The molecule has 3 rings (SSSR count). The summed E-state index contributed by atoms with van der Waals surface area (Å²) < 4.78 is 27.7. The molecule has 1 aliphatic carbocycles. The van der Waals surface area contributed by atoms with Gasteiger partial charge in [-0.1, -0.05) is 11.6 Å². The molecule has 6 heteroatoms. The fourth-order valence-corrected chi connectivity index (χ4v) is 4.46. The van der Waals surface area contributed by atoms with Gasteiger partial charge in [0.25, 0.3) is 0 Å². The second kappa shape index (κ2) is 7.07. The van der Waals surface area contributed by atoms with Crippen LogP contribution in [0.15, 0.2) is 34.7 Å². The third-order valence-corrected chi connectivity index (χ3v) is 6.12. The van der Waals surface area contributed by atoms with Gasteiger partial charge in [0.1, 0.15) is 0 Å². The number of carbonyl (C=O) groups excluding carboxylic acids is 1. The molecule has 0 saturated carbocycles. The normalized spacial score (nSPS) is 18.8. The zero-order valence-electron chi connectivity index (χ0n) is 14.0. The van der Waals surface area contributed by atoms with Crippen molar-refractivity contribution in [3.8, 4) is 0 Å². The second-order valence-corrected chi connectivity index (χ2v) is 8.30. The molecule has 1 aromatic rings. The molecule has 1 amide bonds. The average molecular weight is 348 g/mol. The van der Waals surface area contributed by atoms with Crippen molar-refractivity contribution in [2.75, 3.05) is 18.0 Å². The van der Waals surface area contributed by atoms with Gasteiger partial charge in [-0.3, -0.25) is 4.79 Å². The fraction of sp³-hybridized carbons (Fsp3) is 0.500. The van der Waals surface area contributed by atoms with Gasteiger partial charge >= 0.3 is 0 Å². The van der Waals surface area contributed by atoms with Crippen molar-refractivity contribution in [3.63, 3.8) is 0 Å². The van der Waals surface area contributed by atoms with E-state index in [-0.39, 0.29) is 10.8 Å². The summed E-state index contributed by atoms with van der Waals surface area (Å²) in [5.74, 6) is 0.107. The molecular formula is C18H24N2O3S. The van der Waals surface area contributed by atoms with Gasteiger partial charge in [-0.2, -0.15) is 0 Å². The number of allylic oxidation sites excluding steroid dienone is 1. The summed E-state index contributed by atoms with van der Waals surface area (Å²) in [6.45, 7) is 2.94. The maximum Gasteiger partial charge on any atom is 0.240 e. The van der Waals surface area contributed by atoms with Crippen molar-refractivity contribution in [3.05, 3.63) is 35.4 Å². The number of carbonyl (C=O) groups is 1. The topological polar surface area (TPSA) is 66.5 Å². The molecular weight excluding hydrogens is 324 g/mol. The molecule has 130 valence electrons. The van der Waals surface area contributed by atoms with E-state index in [9.17, 15) is 13.2 Å². The highest BCUT2D eigenvalue weighted by Gasteiger charge is 2.24. The molecule has 1 heterocycles. The quantitative estimate of drug-likeness (QED) is 0.832. The van der Waals surface area contributed by atoms with Crippen molar-refractivity contribution in [1.82, 2.24) is 4.72 Å². The number of nitrogens with one attached hydrogen (secondary N) is 1. The van der Waals surface area contributed by atoms with Gasteiger partial charge < -0.3 is 4.90 Å². The van der Waals surface area contributed by atoms with Gasteiger partial charge in [0, 0.05) is 25.2 Å². The van der Waals surface area contributed by atoms with Crippen molar-refractivity contribution in [2.45, 2.75) is 50.3 Å². The highest BCUT2D eigenvalue weighted by molar-refractivity contribution is 7.89. The summed E-state index contributed by atoms with van der Waals surface area (Å²) in [5, 5.41) is 0. The van der Waals surface area contributed by atoms with Crippen LogP contribution in [0.5, 0.6) is 0 Å². The van der Waals surface area contributed by atoms with Crippen LogP contribution >= 0.6 is 0 Å². The van der Waals surface area contributed by atoms with Gasteiger partial charge in [0.15, 0.2) is 0 Å². The molecule has 1 aliphatic heterocycles. The minimum atomic E-state index is -3.53. The molecule has 0 spiro atoms. The second-order valence-electron chi connectivity index (χ2n) is 6.53. The summed E-state index contributed by atoms with van der Waals surface area (Å²) >= 11 is 0. The van der Waals surface area contributed by atoms with Gasteiger partial charge in [0.2, 0.25) is 15.9 Å². The molecule has 1 aromatic carbocycles. The number of benzene rings is 1. The lowest BCUT2D eigenvalue weighted by atomic mass is 10.0. The lowest BCUT2D eigenvalue weighted by Crippen LogP contribution is -2.27. The predicted molar refractivity (Wildman–Crippen MR) is 94.5 cm³/mol. The summed E-state index contributed by atoms with van der Waals surface area (Å²) in [6, 6.07) is 4.98. The maximum absolute atomic E-state index is 12.5. The number of nitrogens with zero attached hydrogens (tertiary/aromatic N) is 1. The fourth-order valence-electron chi connectivity index (χ4n) is 3.34. The first kappa shape index (κ1) is 17.2. The molecule has 2 aliphatic rings. The minimum absolute atomic E-state index is 0.107. The lowest BCUT2D eigenvalue weighted by molar-refractivity contribution is -0.117. The Morgan fingerprint density at radius 2 is 2.00 bits per heavy atom. The van der Waals surface area contributed by atoms with E-state index < -0.39 is 10.0 Å². The van der Waals surface area contributed by atoms with E-state index in [4.69, 9.17) is 0 Å². The monoisotopic (exact) mass is 348 g/mol. The first-order valence-electron chi connectivity index (χ1n) is 8.56. The van der Waals surface area contributed by atoms with Gasteiger partial charge in [0.05, 0.1) is 4.90 Å². The van der Waals surface area contributed by atoms with Crippen LogP contribution in [-0.4, -0.2) is 27.4 Å². The summed E-state index contributed by atoms with van der Waals surface area (Å²) in [4.78, 5) is 13.9. The van der Waals surface area contributed by atoms with E-state index in [2.05, 4.69) is 10.8 Å². The van der Waals surface area contributed by atoms with Crippen LogP contribution in [0, 0.1) is 6.92 Å². The number of aryl methyl sites for hydroxylation is 1. The SMILES string of the molecule is Cc1cc(S(=O)(=O)NCC2=CCCCC2)ccc1N1CCCC1=O. The largest absolute Gasteiger partial charge is 0.312 e. The maximum atomic E-state index is 12.5. The Labute approximate surface area is 143 Å². The smallest absolute Gasteiger partial charge is 0.240 e. The number of anilines is 1. The van der Waals surface area contributed by atoms with Crippen LogP contribution in [0.4, 0.5) is 5.69 Å². The summed E-state index contributed by atoms with van der Waals surface area (Å²) in [6.07, 6.45) is 7.88. The molecule has 24 heavy (non-hydrogen) atoms. The van der Waals surface area contributed by atoms with E-state index >= 15 is 0 Å². The van der Waals surface area contributed by atoms with E-state index in [1.54, 1.807) is 23.1 Å². The highest BCUT2D eigenvalue weighted by atomic mass is 32.2. The Bertz CT molecular complexity index is 768. The molecule has 0 radical (unpaired) electrons. The summed E-state index contributed by atoms with van der Waals surface area (Å²) in [5.41, 5.74) is 2.79. The zero-order chi connectivity index (χ0) is 17.2. The van der Waals surface area contributed by atoms with Gasteiger partial charge in [-0.25, -0.2) is 13.1 Å². The van der Waals surface area contributed by atoms with Gasteiger partial charge in [-0.05, 0) is 62.8 Å². The van der Waals surface area contributed by atoms with Crippen LogP contribution in [0.25, 0.3) is 0 Å². The summed E-state index contributed by atoms with van der Waals surface area (Å²) in [7, 11) is -3.53. The highest BCUT2D eigenvalue weighted by Crippen LogP contribution is 2.27. The number of hydrogen-bond donors (Lipinski definition) is 1. The predicted octanol–water partition coefficient (Wildman–Crippen LogP) is 2.90. The minimum Gasteiger partial charge on any atom is -0.312 e. The molecule has 1 fully saturated rings. The van der Waals surface area contributed by atoms with Crippen LogP contribution in [0.2, 0.25) is 0 Å². The van der Waals surface area contributed by atoms with Crippen LogP contribution in [0.1, 0.15) is 44.1 Å². The third-order valence-electron chi connectivity index (χ3n) is 4.72. The number of rotatable bonds is 5. The molecule has 1 N–H and O–H groups in total. The van der Waals surface area contributed by atoms with Crippen LogP contribution < -0.4 is 9.62 Å². The van der Waals surface area contributed by atoms with E-state index in [1.807, 2.05) is 6.92 Å². The number of amides is 1. The Morgan fingerprint density at radius 3 is 2.62 bits per heavy atom. The van der Waals surface area contributed by atoms with E-state index in [0.29, 0.717) is 19.5 Å².